The van der Waals surface area contributed by atoms with Gasteiger partial charge < -0.3 is 15.2 Å². The molecule has 0 aliphatic carbocycles. The van der Waals surface area contributed by atoms with E-state index in [1.807, 2.05) is 0 Å². The molecule has 0 bridgehead atoms. The second kappa shape index (κ2) is 9.65. The highest BCUT2D eigenvalue weighted by Gasteiger charge is 2.08. The lowest BCUT2D eigenvalue weighted by Gasteiger charge is -2.16. The van der Waals surface area contributed by atoms with E-state index in [0.717, 1.165) is 12.8 Å². The summed E-state index contributed by atoms with van der Waals surface area (Å²) in [5.41, 5.74) is 0. The van der Waals surface area contributed by atoms with Gasteiger partial charge in [0.05, 0.1) is 18.8 Å². The lowest BCUT2D eigenvalue weighted by Crippen LogP contribution is -2.36. The number of aliphatic hydroxyl groups excluding tert-OH is 1. The fourth-order valence-corrected chi connectivity index (χ4v) is 1.31. The third-order valence-electron chi connectivity index (χ3n) is 2.14. The van der Waals surface area contributed by atoms with Gasteiger partial charge in [-0.15, -0.1) is 6.42 Å². The summed E-state index contributed by atoms with van der Waals surface area (Å²) in [6, 6.07) is 0.0600. The van der Waals surface area contributed by atoms with Gasteiger partial charge in [-0.1, -0.05) is 33.1 Å². The minimum absolute atomic E-state index is 0.0600. The molecule has 2 atom stereocenters. The van der Waals surface area contributed by atoms with Crippen molar-refractivity contribution < 1.29 is 9.84 Å². The molecule has 0 rings (SSSR count). The van der Waals surface area contributed by atoms with E-state index >= 15 is 0 Å². The van der Waals surface area contributed by atoms with Gasteiger partial charge in [-0.05, 0) is 12.3 Å². The number of ether oxygens (including phenoxy) is 1. The second-order valence-corrected chi connectivity index (χ2v) is 4.50. The Morgan fingerprint density at radius 1 is 1.38 bits per heavy atom. The first-order chi connectivity index (χ1) is 7.60. The van der Waals surface area contributed by atoms with Gasteiger partial charge in [-0.3, -0.25) is 0 Å². The van der Waals surface area contributed by atoms with Crippen LogP contribution in [0.4, 0.5) is 0 Å². The molecule has 0 amide bonds. The number of terminal acetylenes is 1. The van der Waals surface area contributed by atoms with Crippen LogP contribution in [0.15, 0.2) is 0 Å². The first kappa shape index (κ1) is 15.4. The molecule has 3 heteroatoms. The molecule has 0 aliphatic rings. The Kier molecular flexibility index (Phi) is 9.31. The number of hydrogen-bond donors (Lipinski definition) is 2. The van der Waals surface area contributed by atoms with E-state index < -0.39 is 6.10 Å². The van der Waals surface area contributed by atoms with Crippen LogP contribution in [-0.2, 0) is 4.74 Å². The predicted octanol–water partition coefficient (Wildman–Crippen LogP) is 1.41. The SMILES string of the molecule is C#CC(CCC)NCC(O)COCC(C)C. The van der Waals surface area contributed by atoms with Gasteiger partial charge in [0.2, 0.25) is 0 Å². The molecule has 0 heterocycles. The van der Waals surface area contributed by atoms with Crippen molar-refractivity contribution in [1.29, 1.82) is 0 Å². The average molecular weight is 227 g/mol. The van der Waals surface area contributed by atoms with Gasteiger partial charge in [0.25, 0.3) is 0 Å². The van der Waals surface area contributed by atoms with Crippen LogP contribution >= 0.6 is 0 Å². The van der Waals surface area contributed by atoms with Crippen molar-refractivity contribution >= 4 is 0 Å². The van der Waals surface area contributed by atoms with Crippen molar-refractivity contribution in [3.8, 4) is 12.3 Å². The highest BCUT2D eigenvalue weighted by molar-refractivity contribution is 4.98. The Labute approximate surface area is 99.6 Å². The maximum atomic E-state index is 9.62. The van der Waals surface area contributed by atoms with Crippen LogP contribution in [0.2, 0.25) is 0 Å². The summed E-state index contributed by atoms with van der Waals surface area (Å²) in [6.45, 7) is 7.81. The number of aliphatic hydroxyl groups is 1. The van der Waals surface area contributed by atoms with E-state index in [1.54, 1.807) is 0 Å². The molecule has 94 valence electrons. The molecule has 0 spiro atoms. The van der Waals surface area contributed by atoms with Gasteiger partial charge in [0.15, 0.2) is 0 Å². The molecule has 0 aromatic carbocycles. The van der Waals surface area contributed by atoms with Crippen molar-refractivity contribution in [2.24, 2.45) is 5.92 Å². The van der Waals surface area contributed by atoms with E-state index in [2.05, 4.69) is 32.0 Å². The molecule has 0 aromatic heterocycles. The monoisotopic (exact) mass is 227 g/mol. The van der Waals surface area contributed by atoms with Crippen LogP contribution in [0.3, 0.4) is 0 Å². The molecule has 0 saturated carbocycles. The first-order valence-electron chi connectivity index (χ1n) is 6.05. The van der Waals surface area contributed by atoms with Gasteiger partial charge in [0, 0.05) is 13.2 Å². The van der Waals surface area contributed by atoms with Crippen LogP contribution in [0.1, 0.15) is 33.6 Å². The maximum absolute atomic E-state index is 9.62. The van der Waals surface area contributed by atoms with Gasteiger partial charge in [-0.2, -0.15) is 0 Å². The predicted molar refractivity (Wildman–Crippen MR) is 67.2 cm³/mol. The van der Waals surface area contributed by atoms with Gasteiger partial charge in [-0.25, -0.2) is 0 Å². The third-order valence-corrected chi connectivity index (χ3v) is 2.14. The van der Waals surface area contributed by atoms with Crippen LogP contribution < -0.4 is 5.32 Å². The Morgan fingerprint density at radius 3 is 2.56 bits per heavy atom. The van der Waals surface area contributed by atoms with Crippen molar-refractivity contribution in [2.45, 2.75) is 45.8 Å². The van der Waals surface area contributed by atoms with Crippen LogP contribution in [0, 0.1) is 18.3 Å². The number of rotatable bonds is 9. The normalized spacial score (nSPS) is 14.8. The Balaban J connectivity index is 3.55. The largest absolute Gasteiger partial charge is 0.389 e. The van der Waals surface area contributed by atoms with Gasteiger partial charge in [0.1, 0.15) is 0 Å². The zero-order chi connectivity index (χ0) is 12.4. The molecule has 2 N–H and O–H groups in total. The zero-order valence-electron chi connectivity index (χ0n) is 10.7. The standard InChI is InChI=1S/C13H25NO2/c1-5-7-12(6-2)14-8-13(15)10-16-9-11(3)4/h2,11-15H,5,7-10H2,1,3-4H3. The van der Waals surface area contributed by atoms with E-state index in [1.165, 1.54) is 0 Å². The summed E-state index contributed by atoms with van der Waals surface area (Å²) in [5.74, 6) is 3.17. The van der Waals surface area contributed by atoms with Crippen LogP contribution in [0.25, 0.3) is 0 Å². The highest BCUT2D eigenvalue weighted by atomic mass is 16.5. The van der Waals surface area contributed by atoms with Crippen molar-refractivity contribution in [3.05, 3.63) is 0 Å². The van der Waals surface area contributed by atoms with Crippen molar-refractivity contribution in [1.82, 2.24) is 5.32 Å². The lowest BCUT2D eigenvalue weighted by molar-refractivity contribution is 0.0255. The molecule has 3 nitrogen and oxygen atoms in total. The topological polar surface area (TPSA) is 41.5 Å². The zero-order valence-corrected chi connectivity index (χ0v) is 10.7. The molecule has 0 aliphatic heterocycles. The number of nitrogens with one attached hydrogen (secondary N) is 1. The minimum Gasteiger partial charge on any atom is -0.389 e. The molecule has 0 saturated heterocycles. The van der Waals surface area contributed by atoms with E-state index in [0.29, 0.717) is 25.7 Å². The van der Waals surface area contributed by atoms with Crippen LogP contribution in [-0.4, -0.2) is 37.0 Å². The third kappa shape index (κ3) is 8.72. The second-order valence-electron chi connectivity index (χ2n) is 4.50. The molecular weight excluding hydrogens is 202 g/mol. The van der Waals surface area contributed by atoms with Gasteiger partial charge >= 0.3 is 0 Å². The molecule has 0 radical (unpaired) electrons. The quantitative estimate of drug-likeness (QED) is 0.585. The Hall–Kier alpha value is -0.560. The average Bonchev–Trinajstić information content (AvgIpc) is 2.23. The molecular formula is C13H25NO2. The smallest absolute Gasteiger partial charge is 0.0898 e. The van der Waals surface area contributed by atoms with E-state index in [-0.39, 0.29) is 6.04 Å². The molecule has 2 unspecified atom stereocenters. The lowest BCUT2D eigenvalue weighted by atomic mass is 10.2. The van der Waals surface area contributed by atoms with Crippen molar-refractivity contribution in [2.75, 3.05) is 19.8 Å². The summed E-state index contributed by atoms with van der Waals surface area (Å²) in [4.78, 5) is 0. The first-order valence-corrected chi connectivity index (χ1v) is 6.05. The molecule has 16 heavy (non-hydrogen) atoms. The summed E-state index contributed by atoms with van der Waals surface area (Å²) in [6.07, 6.45) is 6.86. The number of hydrogen-bond acceptors (Lipinski definition) is 3. The van der Waals surface area contributed by atoms with Crippen LogP contribution in [0.5, 0.6) is 0 Å². The fraction of sp³-hybridized carbons (Fsp3) is 0.846. The highest BCUT2D eigenvalue weighted by Crippen LogP contribution is 1.96. The molecule has 0 aromatic rings. The summed E-state index contributed by atoms with van der Waals surface area (Å²) in [5, 5.41) is 12.8. The molecule has 0 fully saturated rings. The summed E-state index contributed by atoms with van der Waals surface area (Å²) in [7, 11) is 0. The summed E-state index contributed by atoms with van der Waals surface area (Å²) >= 11 is 0. The minimum atomic E-state index is -0.480. The Morgan fingerprint density at radius 2 is 2.06 bits per heavy atom. The van der Waals surface area contributed by atoms with E-state index in [4.69, 9.17) is 11.2 Å². The van der Waals surface area contributed by atoms with E-state index in [9.17, 15) is 5.11 Å². The Bertz CT molecular complexity index is 199. The van der Waals surface area contributed by atoms with Crippen molar-refractivity contribution in [3.63, 3.8) is 0 Å². The summed E-state index contributed by atoms with van der Waals surface area (Å²) < 4.78 is 5.34. The maximum Gasteiger partial charge on any atom is 0.0898 e. The fourth-order valence-electron chi connectivity index (χ4n) is 1.31.